The van der Waals surface area contributed by atoms with Crippen LogP contribution in [0.25, 0.3) is 0 Å². The Hall–Kier alpha value is -2.45. The zero-order valence-corrected chi connectivity index (χ0v) is 13.0. The number of halogens is 1. The van der Waals surface area contributed by atoms with Crippen molar-refractivity contribution >= 4 is 17.6 Å². The number of hydrogen-bond acceptors (Lipinski definition) is 5. The lowest BCUT2D eigenvalue weighted by molar-refractivity contribution is -0.139. The van der Waals surface area contributed by atoms with E-state index in [2.05, 4.69) is 0 Å². The Morgan fingerprint density at radius 3 is 2.64 bits per heavy atom. The van der Waals surface area contributed by atoms with Crippen molar-refractivity contribution in [2.24, 2.45) is 5.73 Å². The molecule has 114 valence electrons. The zero-order chi connectivity index (χ0) is 16.3. The zero-order valence-electron chi connectivity index (χ0n) is 12.2. The van der Waals surface area contributed by atoms with E-state index < -0.39 is 11.9 Å². The number of hydrogen-bond donors (Lipinski definition) is 1. The Morgan fingerprint density at radius 2 is 2.09 bits per heavy atom. The van der Waals surface area contributed by atoms with E-state index in [1.54, 1.807) is 38.1 Å². The van der Waals surface area contributed by atoms with Gasteiger partial charge in [-0.25, -0.2) is 4.79 Å². The summed E-state index contributed by atoms with van der Waals surface area (Å²) in [5, 5.41) is 9.95. The highest BCUT2D eigenvalue weighted by atomic mass is 35.5. The highest BCUT2D eigenvalue weighted by molar-refractivity contribution is 6.30. The summed E-state index contributed by atoms with van der Waals surface area (Å²) >= 11 is 5.90. The predicted molar refractivity (Wildman–Crippen MR) is 81.4 cm³/mol. The van der Waals surface area contributed by atoms with E-state index in [0.717, 1.165) is 5.56 Å². The van der Waals surface area contributed by atoms with Gasteiger partial charge in [-0.1, -0.05) is 23.7 Å². The summed E-state index contributed by atoms with van der Waals surface area (Å²) in [7, 11) is 0. The molecule has 0 spiro atoms. The van der Waals surface area contributed by atoms with Crippen LogP contribution in [0, 0.1) is 11.3 Å². The quantitative estimate of drug-likeness (QED) is 0.866. The maximum absolute atomic E-state index is 12.3. The van der Waals surface area contributed by atoms with Crippen molar-refractivity contribution in [1.82, 2.24) is 0 Å². The minimum atomic E-state index is -0.630. The first-order valence-electron chi connectivity index (χ1n) is 6.70. The first kappa shape index (κ1) is 15.9. The van der Waals surface area contributed by atoms with Crippen LogP contribution >= 0.6 is 11.6 Å². The molecule has 1 aromatic carbocycles. The largest absolute Gasteiger partial charge is 0.463 e. The van der Waals surface area contributed by atoms with Crippen molar-refractivity contribution in [1.29, 1.82) is 5.26 Å². The summed E-state index contributed by atoms with van der Waals surface area (Å²) in [6.07, 6.45) is 0. The highest BCUT2D eigenvalue weighted by Gasteiger charge is 2.36. The van der Waals surface area contributed by atoms with Crippen LogP contribution in [0.4, 0.5) is 0 Å². The number of rotatable bonds is 3. The first-order chi connectivity index (χ1) is 10.5. The van der Waals surface area contributed by atoms with Crippen LogP contribution in [-0.4, -0.2) is 12.6 Å². The summed E-state index contributed by atoms with van der Waals surface area (Å²) in [5.74, 6) is -0.835. The van der Waals surface area contributed by atoms with E-state index in [1.807, 2.05) is 6.07 Å². The number of esters is 1. The van der Waals surface area contributed by atoms with Gasteiger partial charge in [0, 0.05) is 5.02 Å². The maximum atomic E-state index is 12.3. The molecule has 0 radical (unpaired) electrons. The molecule has 6 heteroatoms. The molecule has 2 N–H and O–H groups in total. The molecule has 0 amide bonds. The molecule has 1 heterocycles. The Bertz CT molecular complexity index is 699. The molecule has 2 rings (SSSR count). The molecule has 1 aliphatic heterocycles. The number of carbonyl (C=O) groups excluding carboxylic acids is 1. The van der Waals surface area contributed by atoms with Gasteiger partial charge in [0.15, 0.2) is 0 Å². The third-order valence-electron chi connectivity index (χ3n) is 3.30. The monoisotopic (exact) mass is 318 g/mol. The van der Waals surface area contributed by atoms with Crippen molar-refractivity contribution in [3.05, 3.63) is 57.6 Å². The number of carbonyl (C=O) groups is 1. The second kappa shape index (κ2) is 6.54. The SMILES string of the molecule is CCOC(=O)C1=C(C)OC(N)=C(C#N)C1c1ccc(Cl)cc1. The average molecular weight is 319 g/mol. The molecule has 0 fully saturated rings. The van der Waals surface area contributed by atoms with Gasteiger partial charge in [-0.05, 0) is 31.5 Å². The van der Waals surface area contributed by atoms with Gasteiger partial charge >= 0.3 is 5.97 Å². The fourth-order valence-electron chi connectivity index (χ4n) is 2.34. The molecule has 0 saturated carbocycles. The standard InChI is InChI=1S/C16H15ClN2O3/c1-3-21-16(20)13-9(2)22-15(19)12(8-18)14(13)10-4-6-11(17)7-5-10/h4-7,14H,3,19H2,1-2H3. The number of ether oxygens (including phenoxy) is 2. The molecule has 1 aromatic rings. The molecule has 22 heavy (non-hydrogen) atoms. The highest BCUT2D eigenvalue weighted by Crippen LogP contribution is 2.39. The third kappa shape index (κ3) is 2.92. The summed E-state index contributed by atoms with van der Waals surface area (Å²) in [6, 6.07) is 8.89. The Labute approximate surface area is 133 Å². The van der Waals surface area contributed by atoms with E-state index in [-0.39, 0.29) is 23.6 Å². The lowest BCUT2D eigenvalue weighted by Gasteiger charge is -2.26. The van der Waals surface area contributed by atoms with E-state index >= 15 is 0 Å². The van der Waals surface area contributed by atoms with Gasteiger partial charge in [-0.15, -0.1) is 0 Å². The van der Waals surface area contributed by atoms with Crippen molar-refractivity contribution in [3.8, 4) is 6.07 Å². The van der Waals surface area contributed by atoms with E-state index in [0.29, 0.717) is 10.8 Å². The van der Waals surface area contributed by atoms with Crippen LogP contribution in [0.2, 0.25) is 5.02 Å². The Morgan fingerprint density at radius 1 is 1.45 bits per heavy atom. The normalized spacial score (nSPS) is 17.8. The van der Waals surface area contributed by atoms with Crippen molar-refractivity contribution < 1.29 is 14.3 Å². The Kier molecular flexibility index (Phi) is 4.74. The summed E-state index contributed by atoms with van der Waals surface area (Å²) in [4.78, 5) is 12.3. The minimum absolute atomic E-state index is 0.00648. The van der Waals surface area contributed by atoms with Crippen LogP contribution in [0.15, 0.2) is 47.1 Å². The molecule has 1 atom stereocenters. The van der Waals surface area contributed by atoms with Crippen LogP contribution in [-0.2, 0) is 14.3 Å². The molecule has 0 saturated heterocycles. The van der Waals surface area contributed by atoms with Gasteiger partial charge in [0.05, 0.1) is 18.1 Å². The van der Waals surface area contributed by atoms with Gasteiger partial charge < -0.3 is 15.2 Å². The molecule has 0 aromatic heterocycles. The molecular weight excluding hydrogens is 304 g/mol. The molecule has 1 unspecified atom stereocenters. The third-order valence-corrected chi connectivity index (χ3v) is 3.56. The fourth-order valence-corrected chi connectivity index (χ4v) is 2.47. The van der Waals surface area contributed by atoms with Crippen molar-refractivity contribution in [2.75, 3.05) is 6.61 Å². The van der Waals surface area contributed by atoms with Gasteiger partial charge in [-0.2, -0.15) is 5.26 Å². The van der Waals surface area contributed by atoms with E-state index in [1.165, 1.54) is 0 Å². The van der Waals surface area contributed by atoms with E-state index in [4.69, 9.17) is 26.8 Å². The number of nitrogens with zero attached hydrogens (tertiary/aromatic N) is 1. The summed E-state index contributed by atoms with van der Waals surface area (Å²) in [5.41, 5.74) is 6.96. The number of nitriles is 1. The van der Waals surface area contributed by atoms with Crippen LogP contribution in [0.5, 0.6) is 0 Å². The number of benzene rings is 1. The lowest BCUT2D eigenvalue weighted by Crippen LogP contribution is -2.25. The van der Waals surface area contributed by atoms with Crippen LogP contribution < -0.4 is 5.73 Å². The van der Waals surface area contributed by atoms with Gasteiger partial charge in [0.2, 0.25) is 5.88 Å². The van der Waals surface area contributed by atoms with Crippen molar-refractivity contribution in [3.63, 3.8) is 0 Å². The predicted octanol–water partition coefficient (Wildman–Crippen LogP) is 2.98. The maximum Gasteiger partial charge on any atom is 0.338 e. The molecule has 1 aliphatic rings. The average Bonchev–Trinajstić information content (AvgIpc) is 2.47. The molecule has 5 nitrogen and oxygen atoms in total. The van der Waals surface area contributed by atoms with Crippen LogP contribution in [0.1, 0.15) is 25.3 Å². The summed E-state index contributed by atoms with van der Waals surface area (Å²) in [6.45, 7) is 3.56. The second-order valence-corrected chi connectivity index (χ2v) is 5.10. The first-order valence-corrected chi connectivity index (χ1v) is 7.08. The van der Waals surface area contributed by atoms with Gasteiger partial charge in [0.1, 0.15) is 17.4 Å². The molecular formula is C16H15ClN2O3. The lowest BCUT2D eigenvalue weighted by atomic mass is 9.83. The van der Waals surface area contributed by atoms with E-state index in [9.17, 15) is 10.1 Å². The van der Waals surface area contributed by atoms with Crippen LogP contribution in [0.3, 0.4) is 0 Å². The Balaban J connectivity index is 2.59. The minimum Gasteiger partial charge on any atom is -0.463 e. The fraction of sp³-hybridized carbons (Fsp3) is 0.250. The number of allylic oxidation sites excluding steroid dienone is 2. The van der Waals surface area contributed by atoms with Gasteiger partial charge in [-0.3, -0.25) is 0 Å². The van der Waals surface area contributed by atoms with Gasteiger partial charge in [0.25, 0.3) is 0 Å². The summed E-state index contributed by atoms with van der Waals surface area (Å²) < 4.78 is 10.4. The number of nitrogens with two attached hydrogens (primary N) is 1. The van der Waals surface area contributed by atoms with Crippen molar-refractivity contribution in [2.45, 2.75) is 19.8 Å². The molecule has 0 bridgehead atoms. The second-order valence-electron chi connectivity index (χ2n) is 4.67. The topological polar surface area (TPSA) is 85.3 Å². The smallest absolute Gasteiger partial charge is 0.338 e. The molecule has 0 aliphatic carbocycles.